The number of nitrogens with zero attached hydrogens (tertiary/aromatic N) is 1. The molecule has 0 spiro atoms. The second-order valence-corrected chi connectivity index (χ2v) is 4.11. The predicted molar refractivity (Wildman–Crippen MR) is 70.6 cm³/mol. The van der Waals surface area contributed by atoms with E-state index in [9.17, 15) is 9.18 Å². The largest absolute Gasteiger partial charge is 0.463 e. The van der Waals surface area contributed by atoms with Crippen molar-refractivity contribution in [3.05, 3.63) is 60.2 Å². The van der Waals surface area contributed by atoms with E-state index in [4.69, 9.17) is 4.42 Å². The SMILES string of the molecule is O=C(Nc1ccc(F)cc1)c1cc(-c2ccco2)[nH]n1. The van der Waals surface area contributed by atoms with Crippen LogP contribution in [0.3, 0.4) is 0 Å². The molecule has 2 N–H and O–H groups in total. The minimum atomic E-state index is -0.384. The van der Waals surface area contributed by atoms with E-state index in [0.717, 1.165) is 0 Å². The zero-order chi connectivity index (χ0) is 13.9. The molecule has 3 aromatic rings. The van der Waals surface area contributed by atoms with Gasteiger partial charge in [-0.1, -0.05) is 0 Å². The maximum absolute atomic E-state index is 12.8. The van der Waals surface area contributed by atoms with Crippen molar-refractivity contribution in [2.75, 3.05) is 5.32 Å². The van der Waals surface area contributed by atoms with Gasteiger partial charge in [0.1, 0.15) is 11.5 Å². The number of nitrogens with one attached hydrogen (secondary N) is 2. The fraction of sp³-hybridized carbons (Fsp3) is 0. The highest BCUT2D eigenvalue weighted by Crippen LogP contribution is 2.18. The summed E-state index contributed by atoms with van der Waals surface area (Å²) >= 11 is 0. The second-order valence-electron chi connectivity index (χ2n) is 4.11. The number of aromatic nitrogens is 2. The number of carbonyl (C=O) groups is 1. The van der Waals surface area contributed by atoms with Crippen LogP contribution in [0, 0.1) is 5.82 Å². The van der Waals surface area contributed by atoms with E-state index in [-0.39, 0.29) is 17.4 Å². The van der Waals surface area contributed by atoms with Gasteiger partial charge in [0, 0.05) is 11.8 Å². The third-order valence-electron chi connectivity index (χ3n) is 2.70. The van der Waals surface area contributed by atoms with Crippen LogP contribution in [0.5, 0.6) is 0 Å². The normalized spacial score (nSPS) is 10.4. The zero-order valence-electron chi connectivity index (χ0n) is 10.3. The Hall–Kier alpha value is -2.89. The van der Waals surface area contributed by atoms with Gasteiger partial charge in [0.25, 0.3) is 5.91 Å². The van der Waals surface area contributed by atoms with Crippen LogP contribution in [-0.2, 0) is 0 Å². The summed E-state index contributed by atoms with van der Waals surface area (Å²) in [4.78, 5) is 12.0. The molecule has 100 valence electrons. The molecular formula is C14H10FN3O2. The Balaban J connectivity index is 1.76. The lowest BCUT2D eigenvalue weighted by atomic mass is 10.2. The van der Waals surface area contributed by atoms with Crippen LogP contribution in [0.25, 0.3) is 11.5 Å². The standard InChI is InChI=1S/C14H10FN3O2/c15-9-3-5-10(6-4-9)16-14(19)12-8-11(17-18-12)13-2-1-7-20-13/h1-8H,(H,16,19)(H,17,18). The third kappa shape index (κ3) is 2.44. The van der Waals surface area contributed by atoms with Gasteiger partial charge in [-0.3, -0.25) is 9.89 Å². The summed E-state index contributed by atoms with van der Waals surface area (Å²) < 4.78 is 18.0. The Morgan fingerprint density at radius 3 is 2.75 bits per heavy atom. The van der Waals surface area contributed by atoms with Gasteiger partial charge in [-0.15, -0.1) is 0 Å². The molecule has 20 heavy (non-hydrogen) atoms. The molecule has 3 rings (SSSR count). The highest BCUT2D eigenvalue weighted by atomic mass is 19.1. The van der Waals surface area contributed by atoms with Gasteiger partial charge in [0.2, 0.25) is 0 Å². The Morgan fingerprint density at radius 2 is 2.05 bits per heavy atom. The highest BCUT2D eigenvalue weighted by Gasteiger charge is 2.12. The lowest BCUT2D eigenvalue weighted by Crippen LogP contribution is -2.12. The first-order valence-electron chi connectivity index (χ1n) is 5.88. The van der Waals surface area contributed by atoms with Crippen molar-refractivity contribution in [2.24, 2.45) is 0 Å². The Bertz CT molecular complexity index is 717. The number of hydrogen-bond donors (Lipinski definition) is 2. The number of carbonyl (C=O) groups excluding carboxylic acids is 1. The molecule has 0 saturated heterocycles. The molecule has 0 aliphatic rings. The van der Waals surface area contributed by atoms with E-state index in [1.807, 2.05) is 0 Å². The number of benzene rings is 1. The van der Waals surface area contributed by atoms with Crippen LogP contribution >= 0.6 is 0 Å². The van der Waals surface area contributed by atoms with E-state index >= 15 is 0 Å². The lowest BCUT2D eigenvalue weighted by Gasteiger charge is -2.01. The topological polar surface area (TPSA) is 70.9 Å². The number of rotatable bonds is 3. The van der Waals surface area contributed by atoms with Crippen LogP contribution in [-0.4, -0.2) is 16.1 Å². The molecule has 2 aromatic heterocycles. The lowest BCUT2D eigenvalue weighted by molar-refractivity contribution is 0.102. The van der Waals surface area contributed by atoms with Crippen LogP contribution in [0.4, 0.5) is 10.1 Å². The molecule has 6 heteroatoms. The number of halogens is 1. The second kappa shape index (κ2) is 5.00. The summed E-state index contributed by atoms with van der Waals surface area (Å²) in [6, 6.07) is 10.6. The minimum Gasteiger partial charge on any atom is -0.463 e. The van der Waals surface area contributed by atoms with Crippen molar-refractivity contribution >= 4 is 11.6 Å². The van der Waals surface area contributed by atoms with Crippen molar-refractivity contribution in [3.8, 4) is 11.5 Å². The molecule has 2 heterocycles. The Morgan fingerprint density at radius 1 is 1.25 bits per heavy atom. The summed E-state index contributed by atoms with van der Waals surface area (Å²) in [5.41, 5.74) is 1.33. The number of H-pyrrole nitrogens is 1. The maximum atomic E-state index is 12.8. The first kappa shape index (κ1) is 12.2. The van der Waals surface area contributed by atoms with E-state index in [1.54, 1.807) is 18.2 Å². The average molecular weight is 271 g/mol. The molecule has 1 aromatic carbocycles. The summed E-state index contributed by atoms with van der Waals surface area (Å²) in [7, 11) is 0. The minimum absolute atomic E-state index is 0.223. The smallest absolute Gasteiger partial charge is 0.276 e. The van der Waals surface area contributed by atoms with Crippen molar-refractivity contribution < 1.29 is 13.6 Å². The van der Waals surface area contributed by atoms with Crippen LogP contribution in [0.1, 0.15) is 10.5 Å². The predicted octanol–water partition coefficient (Wildman–Crippen LogP) is 3.06. The highest BCUT2D eigenvalue weighted by molar-refractivity contribution is 6.03. The molecular weight excluding hydrogens is 261 g/mol. The number of amides is 1. The van der Waals surface area contributed by atoms with E-state index < -0.39 is 0 Å². The van der Waals surface area contributed by atoms with Gasteiger partial charge in [0.05, 0.1) is 6.26 Å². The zero-order valence-corrected chi connectivity index (χ0v) is 10.3. The van der Waals surface area contributed by atoms with Crippen LogP contribution < -0.4 is 5.32 Å². The van der Waals surface area contributed by atoms with Gasteiger partial charge in [-0.25, -0.2) is 4.39 Å². The third-order valence-corrected chi connectivity index (χ3v) is 2.70. The number of furan rings is 1. The monoisotopic (exact) mass is 271 g/mol. The molecule has 0 atom stereocenters. The van der Waals surface area contributed by atoms with Gasteiger partial charge in [-0.2, -0.15) is 5.10 Å². The summed E-state index contributed by atoms with van der Waals surface area (Å²) in [5.74, 6) is -0.146. The summed E-state index contributed by atoms with van der Waals surface area (Å²) in [6.07, 6.45) is 1.54. The maximum Gasteiger partial charge on any atom is 0.276 e. The van der Waals surface area contributed by atoms with Gasteiger partial charge in [0.15, 0.2) is 11.5 Å². The van der Waals surface area contributed by atoms with Gasteiger partial charge >= 0.3 is 0 Å². The molecule has 0 aliphatic carbocycles. The van der Waals surface area contributed by atoms with Crippen molar-refractivity contribution in [3.63, 3.8) is 0 Å². The molecule has 0 fully saturated rings. The first-order chi connectivity index (χ1) is 9.72. The molecule has 0 saturated carbocycles. The first-order valence-corrected chi connectivity index (χ1v) is 5.88. The Labute approximate surface area is 113 Å². The molecule has 1 amide bonds. The molecule has 0 unspecified atom stereocenters. The van der Waals surface area contributed by atoms with Gasteiger partial charge in [-0.05, 0) is 36.4 Å². The fourth-order valence-electron chi connectivity index (χ4n) is 1.72. The van der Waals surface area contributed by atoms with Crippen LogP contribution in [0.2, 0.25) is 0 Å². The van der Waals surface area contributed by atoms with Crippen molar-refractivity contribution in [1.29, 1.82) is 0 Å². The quantitative estimate of drug-likeness (QED) is 0.769. The summed E-state index contributed by atoms with van der Waals surface area (Å²) in [6.45, 7) is 0. The van der Waals surface area contributed by atoms with Crippen LogP contribution in [0.15, 0.2) is 53.1 Å². The average Bonchev–Trinajstić information content (AvgIpc) is 3.11. The number of anilines is 1. The fourth-order valence-corrected chi connectivity index (χ4v) is 1.72. The molecule has 5 nitrogen and oxygen atoms in total. The van der Waals surface area contributed by atoms with Gasteiger partial charge < -0.3 is 9.73 Å². The molecule has 0 radical (unpaired) electrons. The van der Waals surface area contributed by atoms with Crippen molar-refractivity contribution in [2.45, 2.75) is 0 Å². The van der Waals surface area contributed by atoms with E-state index in [2.05, 4.69) is 15.5 Å². The van der Waals surface area contributed by atoms with Crippen molar-refractivity contribution in [1.82, 2.24) is 10.2 Å². The van der Waals surface area contributed by atoms with E-state index in [1.165, 1.54) is 30.5 Å². The molecule has 0 aliphatic heterocycles. The summed E-state index contributed by atoms with van der Waals surface area (Å²) in [5, 5.41) is 9.26. The molecule has 0 bridgehead atoms. The Kier molecular flexibility index (Phi) is 3.04. The number of hydrogen-bond acceptors (Lipinski definition) is 3. The number of aromatic amines is 1. The van der Waals surface area contributed by atoms with E-state index in [0.29, 0.717) is 17.1 Å².